The maximum absolute atomic E-state index is 13.7. The van der Waals surface area contributed by atoms with Gasteiger partial charge in [0, 0.05) is 57.0 Å². The van der Waals surface area contributed by atoms with Crippen molar-refractivity contribution in [1.29, 1.82) is 0 Å². The van der Waals surface area contributed by atoms with Crippen molar-refractivity contribution in [3.05, 3.63) is 41.3 Å². The van der Waals surface area contributed by atoms with Gasteiger partial charge in [0.15, 0.2) is 5.65 Å². The number of aliphatic hydroxyl groups is 1. The van der Waals surface area contributed by atoms with E-state index in [2.05, 4.69) is 30.0 Å². The van der Waals surface area contributed by atoms with E-state index >= 15 is 0 Å². The number of anilines is 1. The van der Waals surface area contributed by atoms with Crippen LogP contribution in [0.1, 0.15) is 36.6 Å². The van der Waals surface area contributed by atoms with Crippen LogP contribution in [-0.2, 0) is 14.8 Å². The number of sulfonamides is 1. The van der Waals surface area contributed by atoms with Gasteiger partial charge in [-0.15, -0.1) is 0 Å². The molecule has 1 spiro atoms. The number of hydrogen-bond donors (Lipinski definition) is 2. The summed E-state index contributed by atoms with van der Waals surface area (Å²) in [6.07, 6.45) is 2.83. The van der Waals surface area contributed by atoms with Crippen molar-refractivity contribution in [2.45, 2.75) is 51.5 Å². The summed E-state index contributed by atoms with van der Waals surface area (Å²) in [7, 11) is -3.80. The average Bonchev–Trinajstić information content (AvgIpc) is 3.62. The van der Waals surface area contributed by atoms with Gasteiger partial charge in [-0.05, 0) is 58.2 Å². The number of ether oxygens (including phenoxy) is 1. The number of aromatic amines is 1. The highest BCUT2D eigenvalue weighted by Crippen LogP contribution is 2.42. The van der Waals surface area contributed by atoms with E-state index in [1.54, 1.807) is 6.33 Å². The van der Waals surface area contributed by atoms with Gasteiger partial charge in [0.05, 0.1) is 23.0 Å². The van der Waals surface area contributed by atoms with E-state index in [-0.39, 0.29) is 25.1 Å². The first-order valence-corrected chi connectivity index (χ1v) is 15.5. The van der Waals surface area contributed by atoms with Gasteiger partial charge < -0.3 is 19.6 Å². The third kappa shape index (κ3) is 5.73. The number of likely N-dealkylation sites (tertiary alicyclic amines) is 1. The minimum absolute atomic E-state index is 0.0253. The van der Waals surface area contributed by atoms with E-state index in [4.69, 9.17) is 4.74 Å². The van der Waals surface area contributed by atoms with Crippen molar-refractivity contribution in [1.82, 2.24) is 29.4 Å². The summed E-state index contributed by atoms with van der Waals surface area (Å²) in [5.41, 5.74) is 3.18. The quantitative estimate of drug-likeness (QED) is 0.333. The third-order valence-corrected chi connectivity index (χ3v) is 10.5. The predicted molar refractivity (Wildman–Crippen MR) is 154 cm³/mol. The number of aliphatic hydroxyl groups excluding tert-OH is 1. The molecule has 2 fully saturated rings. The van der Waals surface area contributed by atoms with Crippen molar-refractivity contribution in [3.63, 3.8) is 0 Å². The Kier molecular flexibility index (Phi) is 8.44. The number of benzene rings is 1. The summed E-state index contributed by atoms with van der Waals surface area (Å²) in [6.45, 7) is 12.5. The maximum atomic E-state index is 13.7. The van der Waals surface area contributed by atoms with Gasteiger partial charge in [0.25, 0.3) is 0 Å². The normalized spacial score (nSPS) is 20.9. The highest BCUT2D eigenvalue weighted by Gasteiger charge is 2.44. The minimum atomic E-state index is -3.80. The van der Waals surface area contributed by atoms with Gasteiger partial charge in [0.1, 0.15) is 12.1 Å². The predicted octanol–water partition coefficient (Wildman–Crippen LogP) is 2.27. The van der Waals surface area contributed by atoms with Gasteiger partial charge in [-0.2, -0.15) is 9.40 Å². The number of fused-ring (bicyclic) bond motifs is 1. The second kappa shape index (κ2) is 11.7. The van der Waals surface area contributed by atoms with Crippen LogP contribution < -0.4 is 4.90 Å². The number of rotatable bonds is 11. The van der Waals surface area contributed by atoms with Crippen LogP contribution in [0.4, 0.5) is 5.82 Å². The molecule has 1 aromatic carbocycles. The SMILES string of the molecule is CCOCCN(C[C@@H](O)CN1CCC2(CCN(c3ncnc4n[nH]c(C)c34)C2)C1)S(=O)(=O)c1c(C)cccc1C. The molecular weight excluding hydrogens is 530 g/mol. The van der Waals surface area contributed by atoms with Crippen LogP contribution in [-0.4, -0.2) is 108 Å². The van der Waals surface area contributed by atoms with Gasteiger partial charge in [-0.1, -0.05) is 18.2 Å². The lowest BCUT2D eigenvalue weighted by molar-refractivity contribution is 0.0858. The summed E-state index contributed by atoms with van der Waals surface area (Å²) in [5.74, 6) is 0.924. The number of H-pyrrole nitrogens is 1. The summed E-state index contributed by atoms with van der Waals surface area (Å²) in [6, 6.07) is 5.48. The summed E-state index contributed by atoms with van der Waals surface area (Å²) >= 11 is 0. The van der Waals surface area contributed by atoms with E-state index in [0.717, 1.165) is 55.9 Å². The van der Waals surface area contributed by atoms with Crippen molar-refractivity contribution in [3.8, 4) is 0 Å². The fourth-order valence-corrected chi connectivity index (χ4v) is 8.29. The molecule has 2 aliphatic rings. The number of nitrogens with zero attached hydrogens (tertiary/aromatic N) is 6. The number of nitrogens with one attached hydrogen (secondary N) is 1. The maximum Gasteiger partial charge on any atom is 0.243 e. The molecule has 2 aliphatic heterocycles. The molecule has 218 valence electrons. The monoisotopic (exact) mass is 571 g/mol. The average molecular weight is 572 g/mol. The number of hydrogen-bond acceptors (Lipinski definition) is 9. The van der Waals surface area contributed by atoms with Crippen LogP contribution in [0.25, 0.3) is 11.0 Å². The van der Waals surface area contributed by atoms with Crippen LogP contribution in [0.2, 0.25) is 0 Å². The molecule has 2 saturated heterocycles. The van der Waals surface area contributed by atoms with Gasteiger partial charge in [-0.3, -0.25) is 5.10 Å². The zero-order chi connectivity index (χ0) is 28.5. The Morgan fingerprint density at radius 2 is 1.90 bits per heavy atom. The zero-order valence-electron chi connectivity index (χ0n) is 23.9. The van der Waals surface area contributed by atoms with Crippen LogP contribution in [0, 0.1) is 26.2 Å². The van der Waals surface area contributed by atoms with Gasteiger partial charge in [0.2, 0.25) is 10.0 Å². The van der Waals surface area contributed by atoms with Gasteiger partial charge >= 0.3 is 0 Å². The van der Waals surface area contributed by atoms with Crippen molar-refractivity contribution in [2.75, 3.05) is 63.9 Å². The lowest BCUT2D eigenvalue weighted by Crippen LogP contribution is -2.44. The van der Waals surface area contributed by atoms with Crippen LogP contribution in [0.5, 0.6) is 0 Å². The fraction of sp³-hybridized carbons (Fsp3) is 0.607. The molecule has 40 heavy (non-hydrogen) atoms. The Morgan fingerprint density at radius 1 is 1.15 bits per heavy atom. The van der Waals surface area contributed by atoms with Crippen molar-refractivity contribution < 1.29 is 18.3 Å². The Bertz CT molecular complexity index is 1430. The van der Waals surface area contributed by atoms with E-state index in [1.165, 1.54) is 4.31 Å². The highest BCUT2D eigenvalue weighted by molar-refractivity contribution is 7.89. The van der Waals surface area contributed by atoms with Crippen molar-refractivity contribution >= 4 is 26.9 Å². The summed E-state index contributed by atoms with van der Waals surface area (Å²) in [5, 5.41) is 19.4. The molecule has 11 nitrogen and oxygen atoms in total. The molecule has 2 aromatic heterocycles. The topological polar surface area (TPSA) is 128 Å². The third-order valence-electron chi connectivity index (χ3n) is 8.35. The first-order valence-electron chi connectivity index (χ1n) is 14.1. The van der Waals surface area contributed by atoms with E-state index < -0.39 is 16.1 Å². The molecular formula is C28H41N7O4S. The molecule has 4 heterocycles. The molecule has 2 atom stereocenters. The molecule has 0 radical (unpaired) electrons. The standard InChI is InChI=1S/C28H41N7O4S/c1-5-39-14-13-35(40(37,38)25-20(2)7-6-8-21(25)3)16-23(36)15-33-11-9-28(17-33)10-12-34(18-28)27-24-22(4)31-32-26(24)29-19-30-27/h6-8,19,23,36H,5,9-18H2,1-4H3,(H,29,30,31,32)/t23-,28?/m0/s1. The zero-order valence-corrected chi connectivity index (χ0v) is 24.7. The minimum Gasteiger partial charge on any atom is -0.390 e. The molecule has 5 rings (SSSR count). The lowest BCUT2D eigenvalue weighted by atomic mass is 9.86. The first kappa shape index (κ1) is 28.9. The molecule has 3 aromatic rings. The van der Waals surface area contributed by atoms with Crippen LogP contribution in [0.3, 0.4) is 0 Å². The number of aryl methyl sites for hydroxylation is 3. The Labute approximate surface area is 236 Å². The molecule has 0 amide bonds. The fourth-order valence-electron chi connectivity index (χ4n) is 6.40. The smallest absolute Gasteiger partial charge is 0.243 e. The second-order valence-electron chi connectivity index (χ2n) is 11.3. The molecule has 1 unspecified atom stereocenters. The van der Waals surface area contributed by atoms with Crippen molar-refractivity contribution in [2.24, 2.45) is 5.41 Å². The van der Waals surface area contributed by atoms with Gasteiger partial charge in [-0.25, -0.2) is 18.4 Å². The van der Waals surface area contributed by atoms with Crippen LogP contribution in [0.15, 0.2) is 29.4 Å². The summed E-state index contributed by atoms with van der Waals surface area (Å²) < 4.78 is 34.4. The molecule has 0 aliphatic carbocycles. The Morgan fingerprint density at radius 3 is 2.65 bits per heavy atom. The molecule has 0 saturated carbocycles. The molecule has 0 bridgehead atoms. The number of aromatic nitrogens is 4. The van der Waals surface area contributed by atoms with E-state index in [0.29, 0.717) is 34.8 Å². The largest absolute Gasteiger partial charge is 0.390 e. The molecule has 12 heteroatoms. The van der Waals surface area contributed by atoms with E-state index in [9.17, 15) is 13.5 Å². The Hall–Kier alpha value is -2.64. The number of β-amino-alcohol motifs (C(OH)–C–C–N with tert-alkyl or cyclic N) is 1. The summed E-state index contributed by atoms with van der Waals surface area (Å²) in [4.78, 5) is 13.8. The Balaban J connectivity index is 1.24. The molecule has 2 N–H and O–H groups in total. The first-order chi connectivity index (χ1) is 19.1. The van der Waals surface area contributed by atoms with Crippen LogP contribution >= 0.6 is 0 Å². The van der Waals surface area contributed by atoms with E-state index in [1.807, 2.05) is 45.9 Å². The highest BCUT2D eigenvalue weighted by atomic mass is 32.2. The second-order valence-corrected chi connectivity index (χ2v) is 13.2. The lowest BCUT2D eigenvalue weighted by Gasteiger charge is -2.29.